The van der Waals surface area contributed by atoms with Gasteiger partial charge in [-0.05, 0) is 92.0 Å². The molecule has 0 unspecified atom stereocenters. The number of amides is 2. The van der Waals surface area contributed by atoms with Crippen LogP contribution in [0.2, 0.25) is 0 Å². The summed E-state index contributed by atoms with van der Waals surface area (Å²) < 4.78 is 52.5. The number of aliphatic hydroxyl groups is 1. The quantitative estimate of drug-likeness (QED) is 0.245. The normalized spacial score (nSPS) is 25.6. The summed E-state index contributed by atoms with van der Waals surface area (Å²) >= 11 is 0. The first-order chi connectivity index (χ1) is 25.6. The van der Waals surface area contributed by atoms with Gasteiger partial charge in [0.15, 0.2) is 6.29 Å². The molecular weight excluding hydrogens is 685 g/mol. The Kier molecular flexibility index (Phi) is 11.8. The molecule has 0 aliphatic carbocycles. The Labute approximate surface area is 309 Å². The average molecular weight is 735 g/mol. The van der Waals surface area contributed by atoms with Crippen molar-refractivity contribution in [3.8, 4) is 11.1 Å². The number of nitrogens with zero attached hydrogens (tertiary/aromatic N) is 3. The van der Waals surface area contributed by atoms with E-state index in [2.05, 4.69) is 15.1 Å². The summed E-state index contributed by atoms with van der Waals surface area (Å²) in [5, 5.41) is 12.3. The first-order valence-corrected chi connectivity index (χ1v) is 19.0. The van der Waals surface area contributed by atoms with Crippen molar-refractivity contribution in [1.82, 2.24) is 20.0 Å². The first-order valence-electron chi connectivity index (χ1n) is 19.0. The van der Waals surface area contributed by atoms with Gasteiger partial charge in [-0.2, -0.15) is 13.2 Å². The highest BCUT2D eigenvalue weighted by Gasteiger charge is 2.47. The predicted octanol–water partition coefficient (Wildman–Crippen LogP) is 6.12. The van der Waals surface area contributed by atoms with Crippen LogP contribution in [-0.2, 0) is 32.2 Å². The number of nitrogens with one attached hydrogen (secondary N) is 1. The number of hydrogen-bond acceptors (Lipinski definition) is 7. The summed E-state index contributed by atoms with van der Waals surface area (Å²) in [4.78, 5) is 30.5. The molecule has 5 atom stereocenters. The van der Waals surface area contributed by atoms with Gasteiger partial charge in [0.25, 0.3) is 0 Å². The molecule has 0 aromatic heterocycles. The second kappa shape index (κ2) is 16.7. The van der Waals surface area contributed by atoms with E-state index in [1.54, 1.807) is 0 Å². The highest BCUT2D eigenvalue weighted by molar-refractivity contribution is 5.90. The third-order valence-electron chi connectivity index (χ3n) is 11.2. The van der Waals surface area contributed by atoms with Crippen LogP contribution in [0, 0.1) is 0 Å². The Morgan fingerprint density at radius 3 is 2.26 bits per heavy atom. The predicted molar refractivity (Wildman–Crippen MR) is 193 cm³/mol. The Bertz CT molecular complexity index is 1700. The average Bonchev–Trinajstić information content (AvgIpc) is 3.97. The number of aliphatic hydroxyl groups excluding tert-OH is 1. The van der Waals surface area contributed by atoms with Crippen molar-refractivity contribution in [2.45, 2.75) is 94.9 Å². The lowest BCUT2D eigenvalue weighted by Crippen LogP contribution is -2.50. The molecule has 0 spiro atoms. The molecule has 4 aliphatic rings. The topological polar surface area (TPSA) is 94.6 Å². The van der Waals surface area contributed by atoms with Crippen LogP contribution < -0.4 is 5.32 Å². The maximum absolute atomic E-state index is 13.1. The van der Waals surface area contributed by atoms with E-state index in [0.717, 1.165) is 59.4 Å². The zero-order valence-electron chi connectivity index (χ0n) is 30.0. The Morgan fingerprint density at radius 2 is 1.53 bits per heavy atom. The lowest BCUT2D eigenvalue weighted by atomic mass is 9.98. The molecule has 3 aromatic rings. The van der Waals surface area contributed by atoms with Crippen molar-refractivity contribution in [2.75, 3.05) is 39.3 Å². The van der Waals surface area contributed by atoms with Gasteiger partial charge < -0.3 is 29.7 Å². The fraction of sp³-hybridized carbons (Fsp3) is 0.512. The molecule has 4 fully saturated rings. The van der Waals surface area contributed by atoms with Crippen molar-refractivity contribution in [1.29, 1.82) is 0 Å². The molecule has 4 aliphatic heterocycles. The van der Waals surface area contributed by atoms with Crippen molar-refractivity contribution in [2.24, 2.45) is 0 Å². The molecule has 0 radical (unpaired) electrons. The molecule has 0 bridgehead atoms. The first kappa shape index (κ1) is 37.5. The van der Waals surface area contributed by atoms with E-state index in [0.29, 0.717) is 17.4 Å². The Hall–Kier alpha value is -3.81. The van der Waals surface area contributed by atoms with E-state index in [-0.39, 0.29) is 38.3 Å². The summed E-state index contributed by atoms with van der Waals surface area (Å²) in [7, 11) is 0. The van der Waals surface area contributed by atoms with Gasteiger partial charge in [-0.1, -0.05) is 66.7 Å². The third-order valence-corrected chi connectivity index (χ3v) is 11.2. The molecular formula is C41H49F3N4O5. The summed E-state index contributed by atoms with van der Waals surface area (Å²) in [5.74, 6) is -2.56. The van der Waals surface area contributed by atoms with E-state index in [9.17, 15) is 27.9 Å². The molecule has 2 N–H and O–H groups in total. The van der Waals surface area contributed by atoms with Gasteiger partial charge in [0, 0.05) is 44.2 Å². The SMILES string of the molecule is O=C(NCc1cccc(-c2ccc([C@H]3O[C@@H](CN4CCC[C@H]4CN4CCCC4)C[C@@H](c4ccc(CO)cc4)O3)cc2)c1)[C@@H]1CCCN1C(=O)C(F)(F)F. The van der Waals surface area contributed by atoms with E-state index < -0.39 is 30.3 Å². The molecule has 2 amide bonds. The lowest BCUT2D eigenvalue weighted by molar-refractivity contribution is -0.253. The smallest absolute Gasteiger partial charge is 0.392 e. The van der Waals surface area contributed by atoms with Crippen molar-refractivity contribution >= 4 is 11.8 Å². The Balaban J connectivity index is 1.02. The van der Waals surface area contributed by atoms with Crippen LogP contribution in [0.15, 0.2) is 72.8 Å². The Morgan fingerprint density at radius 1 is 0.792 bits per heavy atom. The number of carbonyl (C=O) groups is 2. The van der Waals surface area contributed by atoms with Crippen molar-refractivity contribution in [3.05, 3.63) is 95.1 Å². The minimum absolute atomic E-state index is 0.00976. The van der Waals surface area contributed by atoms with Gasteiger partial charge in [0.2, 0.25) is 5.91 Å². The van der Waals surface area contributed by atoms with Crippen LogP contribution in [0.3, 0.4) is 0 Å². The monoisotopic (exact) mass is 734 g/mol. The molecule has 3 aromatic carbocycles. The molecule has 9 nitrogen and oxygen atoms in total. The second-order valence-corrected chi connectivity index (χ2v) is 14.8. The number of rotatable bonds is 11. The molecule has 7 rings (SSSR count). The molecule has 284 valence electrons. The third kappa shape index (κ3) is 9.12. The van der Waals surface area contributed by atoms with Gasteiger partial charge >= 0.3 is 12.1 Å². The number of alkyl halides is 3. The highest BCUT2D eigenvalue weighted by atomic mass is 19.4. The van der Waals surface area contributed by atoms with Crippen LogP contribution in [-0.4, -0.2) is 95.3 Å². The van der Waals surface area contributed by atoms with E-state index in [4.69, 9.17) is 9.47 Å². The summed E-state index contributed by atoms with van der Waals surface area (Å²) in [6.45, 7) is 5.46. The zero-order chi connectivity index (χ0) is 37.0. The standard InChI is InChI=1S/C41H49F3N4O5/c42-41(43,44)40(51)48-21-5-9-36(48)38(50)45-24-29-6-3-7-33(22-29)30-14-16-32(17-15-30)39-52-35(23-37(53-39)31-12-10-28(27-49)11-13-31)26-47-20-4-8-34(47)25-46-18-1-2-19-46/h3,6-7,10-17,22,34-37,39,49H,1-2,4-5,8-9,18-21,23-27H2,(H,45,50)/t34-,35+,36-,37-,39-/m0/s1. The van der Waals surface area contributed by atoms with Crippen LogP contribution >= 0.6 is 0 Å². The van der Waals surface area contributed by atoms with Gasteiger partial charge in [-0.15, -0.1) is 0 Å². The van der Waals surface area contributed by atoms with Gasteiger partial charge in [-0.3, -0.25) is 14.5 Å². The number of ether oxygens (including phenoxy) is 2. The number of carbonyl (C=O) groups excluding carboxylic acids is 2. The molecule has 4 saturated heterocycles. The summed E-state index contributed by atoms with van der Waals surface area (Å²) in [6, 6.07) is 23.0. The van der Waals surface area contributed by atoms with E-state index in [1.807, 2.05) is 72.8 Å². The van der Waals surface area contributed by atoms with Crippen molar-refractivity contribution < 1.29 is 37.3 Å². The van der Waals surface area contributed by atoms with Crippen LogP contribution in [0.25, 0.3) is 11.1 Å². The number of likely N-dealkylation sites (tertiary alicyclic amines) is 3. The minimum Gasteiger partial charge on any atom is -0.392 e. The molecule has 4 heterocycles. The van der Waals surface area contributed by atoms with Crippen LogP contribution in [0.5, 0.6) is 0 Å². The van der Waals surface area contributed by atoms with Crippen LogP contribution in [0.1, 0.15) is 79.6 Å². The number of hydrogen-bond donors (Lipinski definition) is 2. The minimum atomic E-state index is -5.01. The van der Waals surface area contributed by atoms with E-state index >= 15 is 0 Å². The van der Waals surface area contributed by atoms with Crippen molar-refractivity contribution in [3.63, 3.8) is 0 Å². The van der Waals surface area contributed by atoms with E-state index in [1.165, 1.54) is 38.8 Å². The van der Waals surface area contributed by atoms with Gasteiger partial charge in [-0.25, -0.2) is 0 Å². The fourth-order valence-electron chi connectivity index (χ4n) is 8.35. The molecule has 12 heteroatoms. The summed E-state index contributed by atoms with van der Waals surface area (Å²) in [6.07, 6.45) is 0.511. The van der Waals surface area contributed by atoms with Gasteiger partial charge in [0.05, 0.1) is 18.8 Å². The number of halogens is 3. The maximum Gasteiger partial charge on any atom is 0.471 e. The van der Waals surface area contributed by atoms with Crippen LogP contribution in [0.4, 0.5) is 13.2 Å². The maximum atomic E-state index is 13.1. The zero-order valence-corrected chi connectivity index (χ0v) is 30.0. The second-order valence-electron chi connectivity index (χ2n) is 14.8. The highest BCUT2D eigenvalue weighted by Crippen LogP contribution is 2.39. The largest absolute Gasteiger partial charge is 0.471 e. The lowest BCUT2D eigenvalue weighted by Gasteiger charge is -2.39. The molecule has 53 heavy (non-hydrogen) atoms. The summed E-state index contributed by atoms with van der Waals surface area (Å²) in [5.41, 5.74) is 5.47. The fourth-order valence-corrected chi connectivity index (χ4v) is 8.35. The van der Waals surface area contributed by atoms with Gasteiger partial charge in [0.1, 0.15) is 6.04 Å². The number of benzene rings is 3. The molecule has 0 saturated carbocycles.